The summed E-state index contributed by atoms with van der Waals surface area (Å²) in [7, 11) is 0. The summed E-state index contributed by atoms with van der Waals surface area (Å²) in [6.45, 7) is 6.10. The molecule has 6 nitrogen and oxygen atoms in total. The molecule has 1 amide bonds. The molecule has 1 aliphatic heterocycles. The van der Waals surface area contributed by atoms with Crippen LogP contribution in [0, 0.1) is 0 Å². The van der Waals surface area contributed by atoms with Crippen LogP contribution in [0.1, 0.15) is 44.4 Å². The molecule has 2 N–H and O–H groups in total. The van der Waals surface area contributed by atoms with Crippen molar-refractivity contribution in [3.05, 3.63) is 45.7 Å². The van der Waals surface area contributed by atoms with Crippen LogP contribution in [0.15, 0.2) is 44.9 Å². The fourth-order valence-corrected chi connectivity index (χ4v) is 3.45. The van der Waals surface area contributed by atoms with E-state index < -0.39 is 5.60 Å². The summed E-state index contributed by atoms with van der Waals surface area (Å²) in [6.07, 6.45) is 3.24. The highest BCUT2D eigenvalue weighted by Gasteiger charge is 2.35. The lowest BCUT2D eigenvalue weighted by molar-refractivity contribution is -0.615. The average molecular weight is 394 g/mol. The van der Waals surface area contributed by atoms with E-state index in [1.807, 2.05) is 26.8 Å². The van der Waals surface area contributed by atoms with Gasteiger partial charge in [-0.15, -0.1) is 5.11 Å². The number of carbonyl (C=O) groups is 1. The van der Waals surface area contributed by atoms with Crippen molar-refractivity contribution in [2.24, 2.45) is 10.3 Å². The van der Waals surface area contributed by atoms with Gasteiger partial charge >= 0.3 is 6.09 Å². The number of benzene rings is 1. The standard InChI is InChI=1S/C17H21BrN4O2/c1-17(2,3)24-16(23)22(10-13-9-19-21-20-13)15-7-4-11-8-12(18)5-6-14(11)15/h5-6,8-9,15H,4,7,10H2,1-3H3,(H,19,20,21)/p+1. The number of ether oxygens (including phenoxy) is 1. The first kappa shape index (κ1) is 17.1. The third-order valence-corrected chi connectivity index (χ3v) is 4.52. The number of amides is 1. The Labute approximate surface area is 150 Å². The molecule has 1 aromatic rings. The Morgan fingerprint density at radius 3 is 2.92 bits per heavy atom. The van der Waals surface area contributed by atoms with Crippen molar-refractivity contribution < 1.29 is 15.0 Å². The summed E-state index contributed by atoms with van der Waals surface area (Å²) >= 11 is 3.52. The highest BCUT2D eigenvalue weighted by molar-refractivity contribution is 9.10. The van der Waals surface area contributed by atoms with Gasteiger partial charge in [-0.2, -0.15) is 5.43 Å². The minimum absolute atomic E-state index is 0.0119. The molecule has 0 radical (unpaired) electrons. The zero-order valence-electron chi connectivity index (χ0n) is 14.1. The third-order valence-electron chi connectivity index (χ3n) is 4.02. The smallest absolute Gasteiger partial charge is 0.411 e. The maximum absolute atomic E-state index is 12.8. The fourth-order valence-electron chi connectivity index (χ4n) is 3.04. The van der Waals surface area contributed by atoms with E-state index in [9.17, 15) is 4.79 Å². The number of hydrogen-bond acceptors (Lipinski definition) is 4. The van der Waals surface area contributed by atoms with Gasteiger partial charge in [0.2, 0.25) is 0 Å². The maximum Gasteiger partial charge on any atom is 0.411 e. The van der Waals surface area contributed by atoms with Crippen LogP contribution < -0.4 is 5.43 Å². The lowest BCUT2D eigenvalue weighted by atomic mass is 10.1. The van der Waals surface area contributed by atoms with Gasteiger partial charge in [0.15, 0.2) is 5.70 Å². The van der Waals surface area contributed by atoms with Gasteiger partial charge in [-0.05, 0) is 56.9 Å². The number of aryl methyl sites for hydroxylation is 1. The summed E-state index contributed by atoms with van der Waals surface area (Å²) < 4.78 is 6.70. The number of nitrogens with zero attached hydrogens (tertiary/aromatic N) is 3. The monoisotopic (exact) mass is 393 g/mol. The number of rotatable bonds is 3. The van der Waals surface area contributed by atoms with E-state index in [0.717, 1.165) is 23.0 Å². The van der Waals surface area contributed by atoms with Crippen molar-refractivity contribution in [1.29, 1.82) is 0 Å². The van der Waals surface area contributed by atoms with Crippen molar-refractivity contribution in [3.63, 3.8) is 0 Å². The normalized spacial score (nSPS) is 19.2. The van der Waals surface area contributed by atoms with Crippen molar-refractivity contribution in [1.82, 2.24) is 4.90 Å². The first-order valence-corrected chi connectivity index (χ1v) is 8.83. The molecule has 0 bridgehead atoms. The minimum atomic E-state index is -0.529. The molecule has 128 valence electrons. The van der Waals surface area contributed by atoms with Gasteiger partial charge < -0.3 is 4.74 Å². The number of carbonyl (C=O) groups excluding carboxylic acids is 1. The Balaban J connectivity index is 1.86. The summed E-state index contributed by atoms with van der Waals surface area (Å²) in [4.78, 5) is 14.6. The number of nitrogens with two attached hydrogens (primary N) is 1. The topological polar surface area (TPSA) is 70.9 Å². The molecule has 0 saturated carbocycles. The molecular formula is C17H22BrN4O2+. The van der Waals surface area contributed by atoms with E-state index in [-0.39, 0.29) is 12.1 Å². The van der Waals surface area contributed by atoms with Crippen LogP contribution in [0.2, 0.25) is 0 Å². The lowest BCUT2D eigenvalue weighted by Gasteiger charge is -2.31. The van der Waals surface area contributed by atoms with Crippen LogP contribution in [0.5, 0.6) is 0 Å². The van der Waals surface area contributed by atoms with Gasteiger partial charge in [-0.1, -0.05) is 22.0 Å². The van der Waals surface area contributed by atoms with Gasteiger partial charge in [0.1, 0.15) is 18.3 Å². The molecule has 0 aromatic heterocycles. The van der Waals surface area contributed by atoms with E-state index in [1.54, 1.807) is 16.5 Å². The largest absolute Gasteiger partial charge is 0.444 e. The summed E-state index contributed by atoms with van der Waals surface area (Å²) in [5, 5.41) is 7.71. The molecule has 0 saturated heterocycles. The van der Waals surface area contributed by atoms with Gasteiger partial charge in [0.25, 0.3) is 0 Å². The van der Waals surface area contributed by atoms with Crippen molar-refractivity contribution >= 4 is 22.0 Å². The molecule has 7 heteroatoms. The van der Waals surface area contributed by atoms with Crippen LogP contribution in [0.4, 0.5) is 4.79 Å². The third kappa shape index (κ3) is 3.84. The van der Waals surface area contributed by atoms with E-state index in [2.05, 4.69) is 38.4 Å². The molecule has 1 aromatic carbocycles. The zero-order valence-corrected chi connectivity index (χ0v) is 15.7. The molecule has 1 atom stereocenters. The SMILES string of the molecule is CC(C)(C)OC(=O)N(CC1=CN=N[NH2+]1)C1CCc2cc(Br)ccc21. The van der Waals surface area contributed by atoms with Crippen molar-refractivity contribution in [2.45, 2.75) is 45.3 Å². The number of quaternary nitrogens is 1. The van der Waals surface area contributed by atoms with Crippen LogP contribution in [-0.4, -0.2) is 23.1 Å². The molecule has 1 aliphatic carbocycles. The number of fused-ring (bicyclic) bond motifs is 1. The molecule has 2 aliphatic rings. The van der Waals surface area contributed by atoms with Crippen LogP contribution >= 0.6 is 15.9 Å². The summed E-state index contributed by atoms with van der Waals surface area (Å²) in [6, 6.07) is 6.26. The van der Waals surface area contributed by atoms with Gasteiger partial charge in [0, 0.05) is 9.70 Å². The van der Waals surface area contributed by atoms with Crippen LogP contribution in [0.25, 0.3) is 0 Å². The molecule has 24 heavy (non-hydrogen) atoms. The van der Waals surface area contributed by atoms with Gasteiger partial charge in [-0.25, -0.2) is 4.79 Å². The van der Waals surface area contributed by atoms with Crippen LogP contribution in [0.3, 0.4) is 0 Å². The second-order valence-corrected chi connectivity index (χ2v) is 7.99. The second kappa shape index (κ2) is 6.64. The lowest BCUT2D eigenvalue weighted by Crippen LogP contribution is -2.75. The number of hydrogen-bond donors (Lipinski definition) is 1. The van der Waals surface area contributed by atoms with Crippen molar-refractivity contribution in [2.75, 3.05) is 6.54 Å². The Hall–Kier alpha value is -1.73. The quantitative estimate of drug-likeness (QED) is 0.798. The Bertz CT molecular complexity index is 709. The van der Waals surface area contributed by atoms with E-state index in [0.29, 0.717) is 6.54 Å². The zero-order chi connectivity index (χ0) is 17.3. The first-order chi connectivity index (χ1) is 11.3. The fraction of sp³-hybridized carbons (Fsp3) is 0.471. The Morgan fingerprint density at radius 2 is 2.25 bits per heavy atom. The minimum Gasteiger partial charge on any atom is -0.444 e. The predicted molar refractivity (Wildman–Crippen MR) is 93.0 cm³/mol. The van der Waals surface area contributed by atoms with Gasteiger partial charge in [0.05, 0.1) is 6.04 Å². The Kier molecular flexibility index (Phi) is 4.73. The maximum atomic E-state index is 12.8. The molecule has 1 heterocycles. The summed E-state index contributed by atoms with van der Waals surface area (Å²) in [5.41, 5.74) is 4.54. The molecule has 0 fully saturated rings. The second-order valence-electron chi connectivity index (χ2n) is 7.07. The average Bonchev–Trinajstić information content (AvgIpc) is 3.11. The molecular weight excluding hydrogens is 372 g/mol. The first-order valence-electron chi connectivity index (χ1n) is 8.04. The molecule has 1 unspecified atom stereocenters. The molecule has 3 rings (SSSR count). The Morgan fingerprint density at radius 1 is 1.46 bits per heavy atom. The highest BCUT2D eigenvalue weighted by atomic mass is 79.9. The number of halogens is 1. The summed E-state index contributed by atoms with van der Waals surface area (Å²) in [5.74, 6) is 0. The van der Waals surface area contributed by atoms with E-state index in [1.165, 1.54) is 11.1 Å². The van der Waals surface area contributed by atoms with Gasteiger partial charge in [-0.3, -0.25) is 4.90 Å². The van der Waals surface area contributed by atoms with Crippen molar-refractivity contribution in [3.8, 4) is 0 Å². The van der Waals surface area contributed by atoms with E-state index in [4.69, 9.17) is 4.74 Å². The molecule has 0 spiro atoms. The van der Waals surface area contributed by atoms with Crippen LogP contribution in [-0.2, 0) is 11.2 Å². The predicted octanol–water partition coefficient (Wildman–Crippen LogP) is 3.46. The highest BCUT2D eigenvalue weighted by Crippen LogP contribution is 2.38. The van der Waals surface area contributed by atoms with E-state index >= 15 is 0 Å².